The summed E-state index contributed by atoms with van der Waals surface area (Å²) in [6.07, 6.45) is 7.45. The highest BCUT2D eigenvalue weighted by atomic mass is 16.3. The Morgan fingerprint density at radius 2 is 1.77 bits per heavy atom. The molecule has 0 heterocycles. The van der Waals surface area contributed by atoms with Gasteiger partial charge in [-0.1, -0.05) is 6.92 Å². The molecule has 0 radical (unpaired) electrons. The predicted octanol–water partition coefficient (Wildman–Crippen LogP) is 2.58. The van der Waals surface area contributed by atoms with E-state index in [1.165, 1.54) is 19.3 Å². The van der Waals surface area contributed by atoms with Gasteiger partial charge in [-0.3, -0.25) is 0 Å². The Morgan fingerprint density at radius 1 is 1.15 bits per heavy atom. The van der Waals surface area contributed by atoms with Gasteiger partial charge in [-0.15, -0.1) is 0 Å². The Morgan fingerprint density at radius 3 is 2.38 bits per heavy atom. The average molecular weight is 180 g/mol. The van der Waals surface area contributed by atoms with E-state index in [0.717, 1.165) is 42.9 Å². The third-order valence-electron chi connectivity index (χ3n) is 5.06. The lowest BCUT2D eigenvalue weighted by Gasteiger charge is -2.47. The molecule has 1 N–H and O–H groups in total. The molecule has 0 aliphatic heterocycles. The van der Waals surface area contributed by atoms with Crippen LogP contribution in [0.2, 0.25) is 0 Å². The first-order valence-electron chi connectivity index (χ1n) is 5.89. The van der Waals surface area contributed by atoms with Crippen LogP contribution in [0, 0.1) is 23.7 Å². The molecule has 2 atom stereocenters. The second kappa shape index (κ2) is 2.50. The highest BCUT2D eigenvalue weighted by molar-refractivity contribution is 5.01. The van der Waals surface area contributed by atoms with Crippen LogP contribution in [-0.2, 0) is 0 Å². The van der Waals surface area contributed by atoms with Crippen LogP contribution in [0.4, 0.5) is 0 Å². The van der Waals surface area contributed by atoms with Crippen molar-refractivity contribution in [2.45, 2.75) is 51.0 Å². The molecule has 4 saturated carbocycles. The van der Waals surface area contributed by atoms with Crippen LogP contribution in [0.5, 0.6) is 0 Å². The molecule has 13 heavy (non-hydrogen) atoms. The van der Waals surface area contributed by atoms with E-state index in [4.69, 9.17) is 0 Å². The van der Waals surface area contributed by atoms with Gasteiger partial charge in [-0.25, -0.2) is 0 Å². The van der Waals surface area contributed by atoms with Crippen LogP contribution in [0.1, 0.15) is 45.4 Å². The molecule has 0 spiro atoms. The molecule has 4 fully saturated rings. The maximum atomic E-state index is 10.4. The fourth-order valence-electron chi connectivity index (χ4n) is 4.28. The first-order valence-corrected chi connectivity index (χ1v) is 5.89. The minimum Gasteiger partial charge on any atom is -0.390 e. The molecule has 0 saturated heterocycles. The van der Waals surface area contributed by atoms with Gasteiger partial charge >= 0.3 is 0 Å². The highest BCUT2D eigenvalue weighted by Gasteiger charge is 2.49. The molecule has 1 heteroatoms. The average Bonchev–Trinajstić information content (AvgIpc) is 2.26. The molecule has 4 bridgehead atoms. The van der Waals surface area contributed by atoms with Gasteiger partial charge in [0.2, 0.25) is 0 Å². The summed E-state index contributed by atoms with van der Waals surface area (Å²) in [6, 6.07) is 0. The van der Waals surface area contributed by atoms with Gasteiger partial charge < -0.3 is 5.11 Å². The molecule has 4 aliphatic rings. The molecule has 4 rings (SSSR count). The van der Waals surface area contributed by atoms with Crippen molar-refractivity contribution in [3.05, 3.63) is 0 Å². The van der Waals surface area contributed by atoms with Gasteiger partial charge in [-0.05, 0) is 62.2 Å². The van der Waals surface area contributed by atoms with E-state index in [9.17, 15) is 5.11 Å². The van der Waals surface area contributed by atoms with E-state index in [0.29, 0.717) is 0 Å². The van der Waals surface area contributed by atoms with Crippen LogP contribution < -0.4 is 0 Å². The molecular formula is C12H20O. The van der Waals surface area contributed by atoms with E-state index in [-0.39, 0.29) is 5.60 Å². The van der Waals surface area contributed by atoms with E-state index in [1.54, 1.807) is 0 Å². The predicted molar refractivity (Wildman–Crippen MR) is 52.3 cm³/mol. The number of fused-ring (bicyclic) bond motifs is 1. The quantitative estimate of drug-likeness (QED) is 0.607. The lowest BCUT2D eigenvalue weighted by molar-refractivity contribution is -0.0664. The summed E-state index contributed by atoms with van der Waals surface area (Å²) in [6.45, 7) is 2.41. The molecule has 4 aliphatic carbocycles. The van der Waals surface area contributed by atoms with Crippen LogP contribution >= 0.6 is 0 Å². The maximum absolute atomic E-state index is 10.4. The summed E-state index contributed by atoms with van der Waals surface area (Å²) >= 11 is 0. The zero-order valence-electron chi connectivity index (χ0n) is 8.50. The first-order chi connectivity index (χ1) is 6.16. The third kappa shape index (κ3) is 1.16. The highest BCUT2D eigenvalue weighted by Crippen LogP contribution is 2.55. The lowest BCUT2D eigenvalue weighted by Crippen LogP contribution is -2.43. The van der Waals surface area contributed by atoms with Crippen molar-refractivity contribution in [2.75, 3.05) is 0 Å². The second-order valence-corrected chi connectivity index (χ2v) is 5.89. The number of hydrogen-bond acceptors (Lipinski definition) is 1. The Balaban J connectivity index is 1.96. The normalized spacial score (nSPS) is 59.5. The summed E-state index contributed by atoms with van der Waals surface area (Å²) in [5.74, 6) is 3.56. The third-order valence-corrected chi connectivity index (χ3v) is 5.06. The Hall–Kier alpha value is -0.0400. The Labute approximate surface area is 80.5 Å². The zero-order valence-corrected chi connectivity index (χ0v) is 8.50. The number of aliphatic hydroxyl groups is 1. The standard InChI is InChI=1S/C12H20O/c1-8-10-4-9-2-3-12(13,6-10)7-11(8)5-9/h8-11,13H,2-7H2,1H3. The van der Waals surface area contributed by atoms with Crippen molar-refractivity contribution in [1.82, 2.24) is 0 Å². The van der Waals surface area contributed by atoms with E-state index in [1.807, 2.05) is 0 Å². The monoisotopic (exact) mass is 180 g/mol. The molecule has 1 nitrogen and oxygen atoms in total. The molecule has 0 aromatic heterocycles. The molecule has 2 unspecified atom stereocenters. The molecular weight excluding hydrogens is 160 g/mol. The first kappa shape index (κ1) is 8.28. The fourth-order valence-corrected chi connectivity index (χ4v) is 4.28. The van der Waals surface area contributed by atoms with Crippen LogP contribution in [0.15, 0.2) is 0 Å². The summed E-state index contributed by atoms with van der Waals surface area (Å²) < 4.78 is 0. The lowest BCUT2D eigenvalue weighted by atomic mass is 9.60. The zero-order chi connectivity index (χ0) is 9.05. The summed E-state index contributed by atoms with van der Waals surface area (Å²) in [5.41, 5.74) is -0.243. The van der Waals surface area contributed by atoms with Crippen molar-refractivity contribution < 1.29 is 5.11 Å². The molecule has 74 valence electrons. The van der Waals surface area contributed by atoms with Crippen molar-refractivity contribution in [1.29, 1.82) is 0 Å². The topological polar surface area (TPSA) is 20.2 Å². The largest absolute Gasteiger partial charge is 0.390 e. The SMILES string of the molecule is CC1C2CC3CCC(O)(C2)CC1C3. The number of hydrogen-bond donors (Lipinski definition) is 1. The Kier molecular flexibility index (Phi) is 1.59. The van der Waals surface area contributed by atoms with Crippen molar-refractivity contribution >= 4 is 0 Å². The smallest absolute Gasteiger partial charge is 0.0653 e. The van der Waals surface area contributed by atoms with Crippen LogP contribution in [-0.4, -0.2) is 10.7 Å². The maximum Gasteiger partial charge on any atom is 0.0653 e. The van der Waals surface area contributed by atoms with Crippen molar-refractivity contribution in [3.63, 3.8) is 0 Å². The van der Waals surface area contributed by atoms with Gasteiger partial charge in [0, 0.05) is 0 Å². The van der Waals surface area contributed by atoms with Gasteiger partial charge in [0.05, 0.1) is 5.60 Å². The summed E-state index contributed by atoms with van der Waals surface area (Å²) in [7, 11) is 0. The van der Waals surface area contributed by atoms with Gasteiger partial charge in [0.15, 0.2) is 0 Å². The fraction of sp³-hybridized carbons (Fsp3) is 1.00. The number of rotatable bonds is 0. The Bertz CT molecular complexity index is 207. The minimum absolute atomic E-state index is 0.243. The van der Waals surface area contributed by atoms with E-state index in [2.05, 4.69) is 6.92 Å². The van der Waals surface area contributed by atoms with Gasteiger partial charge in [0.25, 0.3) is 0 Å². The van der Waals surface area contributed by atoms with Crippen molar-refractivity contribution in [2.24, 2.45) is 23.7 Å². The van der Waals surface area contributed by atoms with Gasteiger partial charge in [-0.2, -0.15) is 0 Å². The summed E-state index contributed by atoms with van der Waals surface area (Å²) in [4.78, 5) is 0. The molecule has 0 amide bonds. The second-order valence-electron chi connectivity index (χ2n) is 5.89. The molecule has 0 aromatic rings. The van der Waals surface area contributed by atoms with E-state index < -0.39 is 0 Å². The van der Waals surface area contributed by atoms with Crippen molar-refractivity contribution in [3.8, 4) is 0 Å². The summed E-state index contributed by atoms with van der Waals surface area (Å²) in [5, 5.41) is 10.4. The minimum atomic E-state index is -0.243. The molecule has 0 aromatic carbocycles. The van der Waals surface area contributed by atoms with Crippen LogP contribution in [0.3, 0.4) is 0 Å². The van der Waals surface area contributed by atoms with Crippen LogP contribution in [0.25, 0.3) is 0 Å². The van der Waals surface area contributed by atoms with Gasteiger partial charge in [0.1, 0.15) is 0 Å². The van der Waals surface area contributed by atoms with E-state index >= 15 is 0 Å².